The second-order valence-electron chi connectivity index (χ2n) is 9.81. The summed E-state index contributed by atoms with van der Waals surface area (Å²) in [5.74, 6) is -3.40. The Bertz CT molecular complexity index is 1640. The number of hydrogen-bond donors (Lipinski definition) is 2. The van der Waals surface area contributed by atoms with Crippen LogP contribution >= 0.6 is 11.6 Å². The summed E-state index contributed by atoms with van der Waals surface area (Å²) >= 11 is 6.59. The number of likely N-dealkylation sites (tertiary alicyclic amines) is 1. The molecule has 1 aliphatic heterocycles. The third-order valence-corrected chi connectivity index (χ3v) is 7.50. The predicted octanol–water partition coefficient (Wildman–Crippen LogP) is 5.83. The SMILES string of the molecule is C=CC(=O)N1CCC[C@@H](n2nc(-c3ccc(C(=O)Nc4cc(C(F)(F)CC)ccn4)cc3)c3c(N)ncc(Cl)c32)C1. The van der Waals surface area contributed by atoms with Gasteiger partial charge in [-0.1, -0.05) is 37.2 Å². The minimum absolute atomic E-state index is 0.0272. The number of nitrogen functional groups attached to an aromatic ring is 1. The lowest BCUT2D eigenvalue weighted by Gasteiger charge is -2.32. The third-order valence-electron chi connectivity index (χ3n) is 7.23. The Kier molecular flexibility index (Phi) is 7.72. The van der Waals surface area contributed by atoms with E-state index >= 15 is 0 Å². The molecule has 1 saturated heterocycles. The predicted molar refractivity (Wildman–Crippen MR) is 154 cm³/mol. The van der Waals surface area contributed by atoms with Crippen molar-refractivity contribution in [2.75, 3.05) is 24.1 Å². The zero-order valence-corrected chi connectivity index (χ0v) is 23.0. The fourth-order valence-corrected chi connectivity index (χ4v) is 5.24. The van der Waals surface area contributed by atoms with Crippen LogP contribution in [0, 0.1) is 0 Å². The number of carbonyl (C=O) groups excluding carboxylic acids is 2. The summed E-state index contributed by atoms with van der Waals surface area (Å²) in [7, 11) is 0. The van der Waals surface area contributed by atoms with Crippen molar-refractivity contribution in [3.05, 3.63) is 77.6 Å². The highest BCUT2D eigenvalue weighted by Crippen LogP contribution is 2.38. The minimum Gasteiger partial charge on any atom is -0.383 e. The molecule has 9 nitrogen and oxygen atoms in total. The van der Waals surface area contributed by atoms with Crippen LogP contribution in [0.3, 0.4) is 0 Å². The molecule has 0 bridgehead atoms. The van der Waals surface area contributed by atoms with Gasteiger partial charge in [-0.3, -0.25) is 14.3 Å². The number of nitrogens with zero attached hydrogens (tertiary/aromatic N) is 5. The summed E-state index contributed by atoms with van der Waals surface area (Å²) in [6, 6.07) is 8.88. The molecular weight excluding hydrogens is 552 g/mol. The molecule has 1 atom stereocenters. The average Bonchev–Trinajstić information content (AvgIpc) is 3.41. The van der Waals surface area contributed by atoms with Crippen LogP contribution in [-0.4, -0.2) is 49.6 Å². The highest BCUT2D eigenvalue weighted by atomic mass is 35.5. The number of amides is 2. The Balaban J connectivity index is 1.45. The molecule has 212 valence electrons. The summed E-state index contributed by atoms with van der Waals surface area (Å²) in [5.41, 5.74) is 8.18. The number of alkyl halides is 2. The number of anilines is 2. The maximum Gasteiger partial charge on any atom is 0.273 e. The summed E-state index contributed by atoms with van der Waals surface area (Å²) in [5, 5.41) is 8.39. The Hall–Kier alpha value is -4.38. The fourth-order valence-electron chi connectivity index (χ4n) is 5.01. The van der Waals surface area contributed by atoms with Crippen molar-refractivity contribution in [2.24, 2.45) is 0 Å². The molecule has 4 heterocycles. The number of halogens is 3. The summed E-state index contributed by atoms with van der Waals surface area (Å²) in [4.78, 5) is 35.1. The monoisotopic (exact) mass is 579 g/mol. The largest absolute Gasteiger partial charge is 0.383 e. The van der Waals surface area contributed by atoms with Crippen LogP contribution in [0.4, 0.5) is 20.4 Å². The first-order valence-electron chi connectivity index (χ1n) is 13.1. The summed E-state index contributed by atoms with van der Waals surface area (Å²) in [6.45, 7) is 6.05. The Morgan fingerprint density at radius 1 is 1.24 bits per heavy atom. The van der Waals surface area contributed by atoms with E-state index in [-0.39, 0.29) is 35.6 Å². The van der Waals surface area contributed by atoms with E-state index in [1.54, 1.807) is 33.8 Å². The molecule has 41 heavy (non-hydrogen) atoms. The van der Waals surface area contributed by atoms with Crippen molar-refractivity contribution < 1.29 is 18.4 Å². The molecule has 3 N–H and O–H groups in total. The molecule has 0 spiro atoms. The second-order valence-corrected chi connectivity index (χ2v) is 10.2. The quantitative estimate of drug-likeness (QED) is 0.266. The first-order valence-corrected chi connectivity index (χ1v) is 13.5. The number of carbonyl (C=O) groups is 2. The number of benzene rings is 1. The van der Waals surface area contributed by atoms with Gasteiger partial charge in [0.25, 0.3) is 11.8 Å². The number of fused-ring (bicyclic) bond motifs is 1. The molecule has 0 saturated carbocycles. The van der Waals surface area contributed by atoms with Gasteiger partial charge in [0.05, 0.1) is 28.2 Å². The second kappa shape index (κ2) is 11.2. The molecule has 2 amide bonds. The van der Waals surface area contributed by atoms with Gasteiger partial charge in [-0.2, -0.15) is 5.10 Å². The molecule has 4 aromatic rings. The number of nitrogens with one attached hydrogen (secondary N) is 1. The van der Waals surface area contributed by atoms with Crippen LogP contribution in [0.25, 0.3) is 22.2 Å². The summed E-state index contributed by atoms with van der Waals surface area (Å²) in [6.07, 6.45) is 5.22. The average molecular weight is 580 g/mol. The van der Waals surface area contributed by atoms with Crippen LogP contribution in [0.1, 0.15) is 48.1 Å². The first kappa shape index (κ1) is 28.2. The number of aromatic nitrogens is 4. The Labute approximate surface area is 240 Å². The zero-order valence-electron chi connectivity index (χ0n) is 22.3. The van der Waals surface area contributed by atoms with Gasteiger partial charge >= 0.3 is 0 Å². The number of pyridine rings is 2. The van der Waals surface area contributed by atoms with E-state index in [9.17, 15) is 18.4 Å². The van der Waals surface area contributed by atoms with Gasteiger partial charge in [-0.05, 0) is 43.2 Å². The lowest BCUT2D eigenvalue weighted by molar-refractivity contribution is -0.127. The molecule has 5 rings (SSSR count). The van der Waals surface area contributed by atoms with E-state index in [1.807, 2.05) is 0 Å². The normalized spacial score (nSPS) is 15.6. The lowest BCUT2D eigenvalue weighted by atomic mass is 10.0. The van der Waals surface area contributed by atoms with Crippen LogP contribution in [0.2, 0.25) is 5.02 Å². The van der Waals surface area contributed by atoms with Crippen molar-refractivity contribution in [3.63, 3.8) is 0 Å². The molecule has 1 aromatic carbocycles. The van der Waals surface area contributed by atoms with E-state index < -0.39 is 11.8 Å². The van der Waals surface area contributed by atoms with Gasteiger partial charge in [0.1, 0.15) is 17.3 Å². The number of rotatable bonds is 7. The molecule has 1 fully saturated rings. The maximum absolute atomic E-state index is 14.1. The fraction of sp³-hybridized carbons (Fsp3) is 0.276. The first-order chi connectivity index (χ1) is 19.6. The molecular formula is C29H28ClF2N7O2. The highest BCUT2D eigenvalue weighted by Gasteiger charge is 2.30. The zero-order chi connectivity index (χ0) is 29.3. The van der Waals surface area contributed by atoms with Crippen molar-refractivity contribution in [1.82, 2.24) is 24.6 Å². The van der Waals surface area contributed by atoms with Gasteiger partial charge in [-0.15, -0.1) is 0 Å². The van der Waals surface area contributed by atoms with Gasteiger partial charge in [0.15, 0.2) is 0 Å². The molecule has 3 aromatic heterocycles. The molecule has 0 unspecified atom stereocenters. The molecule has 0 aliphatic carbocycles. The smallest absolute Gasteiger partial charge is 0.273 e. The van der Waals surface area contributed by atoms with E-state index in [0.29, 0.717) is 45.8 Å². The molecule has 12 heteroatoms. The van der Waals surface area contributed by atoms with Gasteiger partial charge in [0.2, 0.25) is 5.91 Å². The highest BCUT2D eigenvalue weighted by molar-refractivity contribution is 6.35. The Morgan fingerprint density at radius 2 is 2.00 bits per heavy atom. The number of piperidine rings is 1. The molecule has 0 radical (unpaired) electrons. The van der Waals surface area contributed by atoms with Crippen LogP contribution in [0.15, 0.2) is 61.4 Å². The summed E-state index contributed by atoms with van der Waals surface area (Å²) < 4.78 is 30.0. The van der Waals surface area contributed by atoms with Crippen molar-refractivity contribution in [1.29, 1.82) is 0 Å². The van der Waals surface area contributed by atoms with Crippen molar-refractivity contribution >= 4 is 46.0 Å². The Morgan fingerprint density at radius 3 is 2.71 bits per heavy atom. The van der Waals surface area contributed by atoms with E-state index in [2.05, 4.69) is 21.9 Å². The topological polar surface area (TPSA) is 119 Å². The number of nitrogens with two attached hydrogens (primary N) is 1. The van der Waals surface area contributed by atoms with Gasteiger partial charge < -0.3 is 16.0 Å². The van der Waals surface area contributed by atoms with Crippen LogP contribution in [-0.2, 0) is 10.7 Å². The van der Waals surface area contributed by atoms with Gasteiger partial charge in [0, 0.05) is 42.4 Å². The third kappa shape index (κ3) is 5.49. The minimum atomic E-state index is -3.02. The van der Waals surface area contributed by atoms with Crippen molar-refractivity contribution in [3.8, 4) is 11.3 Å². The lowest BCUT2D eigenvalue weighted by Crippen LogP contribution is -2.40. The van der Waals surface area contributed by atoms with E-state index in [0.717, 1.165) is 12.8 Å². The van der Waals surface area contributed by atoms with E-state index in [1.165, 1.54) is 37.5 Å². The number of hydrogen-bond acceptors (Lipinski definition) is 6. The van der Waals surface area contributed by atoms with Crippen LogP contribution < -0.4 is 11.1 Å². The standard InChI is InChI=1S/C29H28ClF2N7O2/c1-3-23(40)38-13-5-6-20(16-38)39-26-21(30)15-35-27(33)24(26)25(37-39)17-7-9-18(10-8-17)28(41)36-22-14-19(11-12-34-22)29(31,32)4-2/h3,7-12,14-15,20H,1,4-6,13,16H2,2H3,(H2,33,35)(H,34,36,41)/t20-/m1/s1. The molecule has 1 aliphatic rings. The van der Waals surface area contributed by atoms with Crippen molar-refractivity contribution in [2.45, 2.75) is 38.2 Å². The van der Waals surface area contributed by atoms with Crippen LogP contribution in [0.5, 0.6) is 0 Å². The van der Waals surface area contributed by atoms with E-state index in [4.69, 9.17) is 22.4 Å². The van der Waals surface area contributed by atoms with Gasteiger partial charge in [-0.25, -0.2) is 18.7 Å². The maximum atomic E-state index is 14.1.